The van der Waals surface area contributed by atoms with Gasteiger partial charge in [-0.2, -0.15) is 0 Å². The molecule has 2 aromatic heterocycles. The molecule has 0 aliphatic carbocycles. The number of carbonyl (C=O) groups excluding carboxylic acids is 2. The molecule has 5 rings (SSSR count). The molecule has 144 valence electrons. The maximum atomic E-state index is 13.3. The van der Waals surface area contributed by atoms with Crippen molar-refractivity contribution in [1.82, 2.24) is 14.3 Å². The molecule has 2 atom stereocenters. The number of thioether (sulfide) groups is 1. The van der Waals surface area contributed by atoms with Crippen molar-refractivity contribution in [3.63, 3.8) is 0 Å². The predicted octanol–water partition coefficient (Wildman–Crippen LogP) is 3.59. The monoisotopic (exact) mass is 416 g/mol. The van der Waals surface area contributed by atoms with Crippen LogP contribution in [0, 0.1) is 5.82 Å². The number of amides is 2. The maximum absolute atomic E-state index is 13.3. The zero-order chi connectivity index (χ0) is 19.5. The molecule has 3 aromatic rings. The van der Waals surface area contributed by atoms with Gasteiger partial charge in [0.15, 0.2) is 4.96 Å². The summed E-state index contributed by atoms with van der Waals surface area (Å²) >= 11 is 3.11. The summed E-state index contributed by atoms with van der Waals surface area (Å²) in [5.41, 5.74) is 1.30. The number of anilines is 1. The number of benzene rings is 1. The Bertz CT molecular complexity index is 1090. The minimum Gasteiger partial charge on any atom is -0.315 e. The van der Waals surface area contributed by atoms with Gasteiger partial charge in [0.1, 0.15) is 23.4 Å². The number of hydrogen-bond donors (Lipinski definition) is 1. The lowest BCUT2D eigenvalue weighted by Crippen LogP contribution is -2.48. The molecule has 2 amide bonds. The number of fused-ring (bicyclic) bond motifs is 2. The molecule has 1 N–H and O–H groups in total. The molecule has 0 bridgehead atoms. The Morgan fingerprint density at radius 2 is 2.14 bits per heavy atom. The molecular weight excluding hydrogens is 399 g/mol. The van der Waals surface area contributed by atoms with E-state index in [2.05, 4.69) is 10.3 Å². The van der Waals surface area contributed by atoms with Gasteiger partial charge in [-0.25, -0.2) is 9.37 Å². The summed E-state index contributed by atoms with van der Waals surface area (Å²) < 4.78 is 15.1. The van der Waals surface area contributed by atoms with E-state index in [0.717, 1.165) is 16.9 Å². The summed E-state index contributed by atoms with van der Waals surface area (Å²) in [5, 5.41) is 4.88. The van der Waals surface area contributed by atoms with Crippen LogP contribution in [0.15, 0.2) is 35.8 Å². The quantitative estimate of drug-likeness (QED) is 0.709. The molecule has 6 nitrogen and oxygen atoms in total. The van der Waals surface area contributed by atoms with Crippen LogP contribution in [0.2, 0.25) is 0 Å². The summed E-state index contributed by atoms with van der Waals surface area (Å²) in [7, 11) is 0. The van der Waals surface area contributed by atoms with Gasteiger partial charge in [-0.15, -0.1) is 23.1 Å². The van der Waals surface area contributed by atoms with Crippen molar-refractivity contribution in [1.29, 1.82) is 0 Å². The molecule has 0 saturated carbocycles. The van der Waals surface area contributed by atoms with Crippen molar-refractivity contribution >= 4 is 45.7 Å². The average molecular weight is 417 g/mol. The van der Waals surface area contributed by atoms with Crippen molar-refractivity contribution in [3.8, 4) is 11.3 Å². The first-order chi connectivity index (χ1) is 13.5. The molecule has 0 spiro atoms. The van der Waals surface area contributed by atoms with Gasteiger partial charge in [0.25, 0.3) is 0 Å². The molecular formula is C19H17FN4O2S2. The number of halogens is 1. The van der Waals surface area contributed by atoms with Crippen molar-refractivity contribution < 1.29 is 14.0 Å². The zero-order valence-corrected chi connectivity index (χ0v) is 16.6. The summed E-state index contributed by atoms with van der Waals surface area (Å²) in [5.74, 6) is 0.595. The third-order valence-corrected chi connectivity index (χ3v) is 7.63. The third-order valence-electron chi connectivity index (χ3n) is 5.37. The Morgan fingerprint density at radius 1 is 1.36 bits per heavy atom. The number of carbonyl (C=O) groups is 2. The number of hydrogen-bond acceptors (Lipinski definition) is 5. The standard InChI is InChI=1S/C19H17FN4O2S2/c1-19-7-6-14(25)24(19)13(10-28-19)17(26)22-16-15(11-2-4-12(20)5-3-11)21-18-23(16)8-9-27-18/h2-5,8-9,13H,6-7,10H2,1H3,(H,22,26). The van der Waals surface area contributed by atoms with Crippen LogP contribution >= 0.6 is 23.1 Å². The van der Waals surface area contributed by atoms with Crippen molar-refractivity contribution in [2.24, 2.45) is 0 Å². The number of imidazole rings is 1. The molecule has 28 heavy (non-hydrogen) atoms. The molecule has 9 heteroatoms. The van der Waals surface area contributed by atoms with Crippen LogP contribution in [0.25, 0.3) is 16.2 Å². The highest BCUT2D eigenvalue weighted by molar-refractivity contribution is 8.01. The van der Waals surface area contributed by atoms with E-state index in [1.807, 2.05) is 22.9 Å². The SMILES string of the molecule is CC12CCC(=O)N1C(C(=O)Nc1c(-c3ccc(F)cc3)nc3sccn13)CS2. The van der Waals surface area contributed by atoms with Gasteiger partial charge in [-0.3, -0.25) is 14.0 Å². The van der Waals surface area contributed by atoms with E-state index in [9.17, 15) is 14.0 Å². The van der Waals surface area contributed by atoms with E-state index in [1.165, 1.54) is 23.5 Å². The lowest BCUT2D eigenvalue weighted by Gasteiger charge is -2.29. The lowest BCUT2D eigenvalue weighted by molar-refractivity contribution is -0.135. The second-order valence-electron chi connectivity index (χ2n) is 7.13. The molecule has 2 unspecified atom stereocenters. The zero-order valence-electron chi connectivity index (χ0n) is 15.0. The Kier molecular flexibility index (Phi) is 3.99. The fourth-order valence-corrected chi connectivity index (χ4v) is 6.07. The van der Waals surface area contributed by atoms with E-state index in [4.69, 9.17) is 0 Å². The minimum absolute atomic E-state index is 0.0281. The number of rotatable bonds is 3. The second kappa shape index (κ2) is 6.31. The normalized spacial score (nSPS) is 24.1. The molecule has 0 radical (unpaired) electrons. The topological polar surface area (TPSA) is 66.7 Å². The number of nitrogens with zero attached hydrogens (tertiary/aromatic N) is 3. The summed E-state index contributed by atoms with van der Waals surface area (Å²) in [6.07, 6.45) is 3.09. The van der Waals surface area contributed by atoms with E-state index in [0.29, 0.717) is 23.7 Å². The predicted molar refractivity (Wildman–Crippen MR) is 108 cm³/mol. The molecule has 2 saturated heterocycles. The van der Waals surface area contributed by atoms with Gasteiger partial charge in [0.2, 0.25) is 11.8 Å². The Labute approximate surface area is 168 Å². The smallest absolute Gasteiger partial charge is 0.249 e. The second-order valence-corrected chi connectivity index (χ2v) is 9.50. The largest absolute Gasteiger partial charge is 0.315 e. The molecule has 1 aromatic carbocycles. The average Bonchev–Trinajstić information content (AvgIpc) is 3.40. The van der Waals surface area contributed by atoms with E-state index in [1.54, 1.807) is 28.8 Å². The van der Waals surface area contributed by atoms with Crippen LogP contribution in [0.4, 0.5) is 10.2 Å². The van der Waals surface area contributed by atoms with Gasteiger partial charge in [-0.05, 0) is 37.6 Å². The van der Waals surface area contributed by atoms with Gasteiger partial charge >= 0.3 is 0 Å². The first kappa shape index (κ1) is 17.7. The molecule has 2 aliphatic rings. The summed E-state index contributed by atoms with van der Waals surface area (Å²) in [6, 6.07) is 5.52. The molecule has 4 heterocycles. The van der Waals surface area contributed by atoms with E-state index < -0.39 is 6.04 Å². The van der Waals surface area contributed by atoms with Gasteiger partial charge < -0.3 is 10.2 Å². The number of nitrogens with one attached hydrogen (secondary N) is 1. The van der Waals surface area contributed by atoms with Crippen LogP contribution in [-0.2, 0) is 9.59 Å². The number of thiazole rings is 1. The van der Waals surface area contributed by atoms with Gasteiger partial charge in [-0.1, -0.05) is 0 Å². The van der Waals surface area contributed by atoms with Crippen LogP contribution in [0.5, 0.6) is 0 Å². The molecule has 2 fully saturated rings. The van der Waals surface area contributed by atoms with Crippen LogP contribution in [0.1, 0.15) is 19.8 Å². The van der Waals surface area contributed by atoms with Crippen molar-refractivity contribution in [2.75, 3.05) is 11.1 Å². The Balaban J connectivity index is 1.50. The third kappa shape index (κ3) is 2.64. The highest BCUT2D eigenvalue weighted by atomic mass is 32.2. The molecule has 2 aliphatic heterocycles. The van der Waals surface area contributed by atoms with Gasteiger partial charge in [0, 0.05) is 29.3 Å². The van der Waals surface area contributed by atoms with E-state index >= 15 is 0 Å². The van der Waals surface area contributed by atoms with Crippen LogP contribution in [-0.4, -0.2) is 42.8 Å². The summed E-state index contributed by atoms with van der Waals surface area (Å²) in [4.78, 5) is 32.3. The highest BCUT2D eigenvalue weighted by Crippen LogP contribution is 2.47. The number of aromatic nitrogens is 2. The van der Waals surface area contributed by atoms with Crippen molar-refractivity contribution in [3.05, 3.63) is 41.7 Å². The first-order valence-electron chi connectivity index (χ1n) is 8.95. The fraction of sp³-hybridized carbons (Fsp3) is 0.316. The fourth-order valence-electron chi connectivity index (χ4n) is 3.93. The highest BCUT2D eigenvalue weighted by Gasteiger charge is 2.53. The van der Waals surface area contributed by atoms with Crippen LogP contribution in [0.3, 0.4) is 0 Å². The lowest BCUT2D eigenvalue weighted by atomic mass is 10.1. The maximum Gasteiger partial charge on any atom is 0.249 e. The van der Waals surface area contributed by atoms with E-state index in [-0.39, 0.29) is 22.5 Å². The Morgan fingerprint density at radius 3 is 2.93 bits per heavy atom. The van der Waals surface area contributed by atoms with Gasteiger partial charge in [0.05, 0.1) is 4.87 Å². The Hall–Kier alpha value is -2.39. The minimum atomic E-state index is -0.504. The first-order valence-corrected chi connectivity index (χ1v) is 10.8. The van der Waals surface area contributed by atoms with Crippen LogP contribution < -0.4 is 5.32 Å². The van der Waals surface area contributed by atoms with Crippen molar-refractivity contribution in [2.45, 2.75) is 30.7 Å². The summed E-state index contributed by atoms with van der Waals surface area (Å²) in [6.45, 7) is 2.02.